The van der Waals surface area contributed by atoms with Crippen molar-refractivity contribution in [1.82, 2.24) is 10.2 Å². The second kappa shape index (κ2) is 9.23. The van der Waals surface area contributed by atoms with E-state index in [1.54, 1.807) is 24.3 Å². The van der Waals surface area contributed by atoms with Gasteiger partial charge in [0.25, 0.3) is 0 Å². The molecule has 1 amide bonds. The van der Waals surface area contributed by atoms with Crippen LogP contribution in [0.4, 0.5) is 5.69 Å². The average molecular weight is 493 g/mol. The number of anilines is 1. The van der Waals surface area contributed by atoms with E-state index in [0.29, 0.717) is 25.8 Å². The van der Waals surface area contributed by atoms with Crippen LogP contribution in [0.2, 0.25) is 20.1 Å². The lowest BCUT2D eigenvalue weighted by atomic mass is 10.1. The van der Waals surface area contributed by atoms with E-state index in [9.17, 15) is 4.79 Å². The number of hydrogen-bond acceptors (Lipinski definition) is 4. The molecule has 3 rings (SSSR count). The number of thioether (sulfide) groups is 1. The number of halogens is 4. The highest BCUT2D eigenvalue weighted by atomic mass is 35.5. The molecule has 1 heterocycles. The summed E-state index contributed by atoms with van der Waals surface area (Å²) in [6.45, 7) is 4.21. The maximum absolute atomic E-state index is 12.5. The van der Waals surface area contributed by atoms with Crippen molar-refractivity contribution in [3.05, 3.63) is 62.1 Å². The van der Waals surface area contributed by atoms with E-state index >= 15 is 0 Å². The van der Waals surface area contributed by atoms with Gasteiger partial charge in [0.15, 0.2) is 0 Å². The van der Waals surface area contributed by atoms with Crippen LogP contribution in [0, 0.1) is 0 Å². The van der Waals surface area contributed by atoms with Crippen LogP contribution in [0.5, 0.6) is 0 Å². The Morgan fingerprint density at radius 3 is 2.31 bits per heavy atom. The second-order valence-corrected chi connectivity index (χ2v) is 10.1. The van der Waals surface area contributed by atoms with E-state index in [1.165, 1.54) is 11.8 Å². The summed E-state index contributed by atoms with van der Waals surface area (Å²) < 4.78 is 0. The molecule has 2 N–H and O–H groups in total. The molecule has 2 aromatic carbocycles. The Hall–Kier alpha value is -0.660. The molecular weight excluding hydrogens is 472 g/mol. The summed E-state index contributed by atoms with van der Waals surface area (Å²) in [4.78, 5) is 14.7. The summed E-state index contributed by atoms with van der Waals surface area (Å²) in [5.41, 5.74) is 1.42. The SMILES string of the molecule is CN1C(c2ccc(Cl)c(Cl)c2)C(SCC(=O)Nc2ccc(Cl)c(Cl)c2)NC1(C)C. The number of carbonyl (C=O) groups excluding carboxylic acids is 1. The molecule has 0 spiro atoms. The zero-order chi connectivity index (χ0) is 21.3. The van der Waals surface area contributed by atoms with Gasteiger partial charge in [0.05, 0.1) is 42.9 Å². The number of benzene rings is 2. The predicted molar refractivity (Wildman–Crippen MR) is 126 cm³/mol. The zero-order valence-electron chi connectivity index (χ0n) is 16.1. The van der Waals surface area contributed by atoms with E-state index in [2.05, 4.69) is 36.4 Å². The van der Waals surface area contributed by atoms with Gasteiger partial charge in [-0.1, -0.05) is 52.5 Å². The highest BCUT2D eigenvalue weighted by Gasteiger charge is 2.44. The van der Waals surface area contributed by atoms with Crippen molar-refractivity contribution in [2.75, 3.05) is 18.1 Å². The fourth-order valence-electron chi connectivity index (χ4n) is 3.24. The zero-order valence-corrected chi connectivity index (χ0v) is 19.9. The Bertz CT molecular complexity index is 925. The Labute approximate surface area is 195 Å². The van der Waals surface area contributed by atoms with Gasteiger partial charge < -0.3 is 5.32 Å². The number of likely N-dealkylation sites (N-methyl/N-ethyl adjacent to an activating group) is 1. The summed E-state index contributed by atoms with van der Waals surface area (Å²) in [6, 6.07) is 10.7. The molecule has 2 aromatic rings. The molecule has 0 aliphatic carbocycles. The Morgan fingerprint density at radius 2 is 1.69 bits per heavy atom. The number of rotatable bonds is 5. The molecule has 156 valence electrons. The minimum Gasteiger partial charge on any atom is -0.325 e. The van der Waals surface area contributed by atoms with Crippen molar-refractivity contribution in [2.45, 2.75) is 30.9 Å². The molecule has 0 radical (unpaired) electrons. The molecule has 29 heavy (non-hydrogen) atoms. The lowest BCUT2D eigenvalue weighted by molar-refractivity contribution is -0.113. The van der Waals surface area contributed by atoms with Crippen molar-refractivity contribution in [3.8, 4) is 0 Å². The fourth-order valence-corrected chi connectivity index (χ4v) is 5.15. The number of carbonyl (C=O) groups is 1. The van der Waals surface area contributed by atoms with Crippen LogP contribution in [-0.2, 0) is 4.79 Å². The molecule has 2 unspecified atom stereocenters. The van der Waals surface area contributed by atoms with Gasteiger partial charge in [0.1, 0.15) is 0 Å². The Kier molecular flexibility index (Phi) is 7.32. The van der Waals surface area contributed by atoms with Crippen LogP contribution < -0.4 is 10.6 Å². The van der Waals surface area contributed by atoms with E-state index in [1.807, 2.05) is 12.1 Å². The minimum atomic E-state index is -0.241. The molecule has 1 aliphatic rings. The van der Waals surface area contributed by atoms with Gasteiger partial charge in [-0.2, -0.15) is 0 Å². The molecule has 4 nitrogen and oxygen atoms in total. The summed E-state index contributed by atoms with van der Waals surface area (Å²) in [6.07, 6.45) is 0. The molecule has 2 atom stereocenters. The first kappa shape index (κ1) is 23.0. The predicted octanol–water partition coefficient (Wildman–Crippen LogP) is 6.31. The van der Waals surface area contributed by atoms with Gasteiger partial charge in [-0.3, -0.25) is 15.0 Å². The standard InChI is InChI=1S/C20H21Cl4N3OS/c1-20(2)26-19(18(27(20)3)11-4-6-13(21)15(23)8-11)29-10-17(28)25-12-5-7-14(22)16(24)9-12/h4-9,18-19,26H,10H2,1-3H3,(H,25,28). The molecule has 0 saturated carbocycles. The van der Waals surface area contributed by atoms with Crippen LogP contribution in [0.25, 0.3) is 0 Å². The van der Waals surface area contributed by atoms with Crippen LogP contribution in [0.1, 0.15) is 25.5 Å². The first-order valence-electron chi connectivity index (χ1n) is 8.90. The lowest BCUT2D eigenvalue weighted by Gasteiger charge is -2.31. The fraction of sp³-hybridized carbons (Fsp3) is 0.350. The number of nitrogens with one attached hydrogen (secondary N) is 2. The second-order valence-electron chi connectivity index (χ2n) is 7.34. The summed E-state index contributed by atoms with van der Waals surface area (Å²) in [7, 11) is 2.05. The lowest BCUT2D eigenvalue weighted by Crippen LogP contribution is -2.44. The summed E-state index contributed by atoms with van der Waals surface area (Å²) >= 11 is 25.8. The number of amides is 1. The monoisotopic (exact) mass is 491 g/mol. The van der Waals surface area contributed by atoms with Crippen LogP contribution in [0.15, 0.2) is 36.4 Å². The Morgan fingerprint density at radius 1 is 1.07 bits per heavy atom. The van der Waals surface area contributed by atoms with Gasteiger partial charge in [0, 0.05) is 5.69 Å². The van der Waals surface area contributed by atoms with Crippen molar-refractivity contribution < 1.29 is 4.79 Å². The minimum absolute atomic E-state index is 0.00759. The van der Waals surface area contributed by atoms with E-state index in [-0.39, 0.29) is 28.7 Å². The first-order chi connectivity index (χ1) is 13.6. The number of hydrogen-bond donors (Lipinski definition) is 2. The van der Waals surface area contributed by atoms with Crippen LogP contribution in [-0.4, -0.2) is 34.6 Å². The largest absolute Gasteiger partial charge is 0.325 e. The molecule has 0 bridgehead atoms. The molecule has 1 saturated heterocycles. The molecular formula is C20H21Cl4N3OS. The first-order valence-corrected chi connectivity index (χ1v) is 11.5. The topological polar surface area (TPSA) is 44.4 Å². The molecule has 1 fully saturated rings. The van der Waals surface area contributed by atoms with Crippen molar-refractivity contribution in [2.24, 2.45) is 0 Å². The van der Waals surface area contributed by atoms with Crippen molar-refractivity contribution in [1.29, 1.82) is 0 Å². The van der Waals surface area contributed by atoms with Gasteiger partial charge in [-0.15, -0.1) is 11.8 Å². The molecule has 9 heteroatoms. The highest BCUT2D eigenvalue weighted by Crippen LogP contribution is 2.41. The smallest absolute Gasteiger partial charge is 0.234 e. The quantitative estimate of drug-likeness (QED) is 0.513. The van der Waals surface area contributed by atoms with E-state index in [4.69, 9.17) is 46.4 Å². The third-order valence-corrected chi connectivity index (χ3v) is 7.61. The van der Waals surface area contributed by atoms with Crippen molar-refractivity contribution in [3.63, 3.8) is 0 Å². The molecule has 1 aliphatic heterocycles. The van der Waals surface area contributed by atoms with Crippen molar-refractivity contribution >= 4 is 69.8 Å². The normalized spacial score (nSPS) is 21.3. The van der Waals surface area contributed by atoms with Gasteiger partial charge in [0.2, 0.25) is 5.91 Å². The Balaban J connectivity index is 1.71. The summed E-state index contributed by atoms with van der Waals surface area (Å²) in [5, 5.41) is 8.33. The third kappa shape index (κ3) is 5.34. The maximum atomic E-state index is 12.5. The van der Waals surface area contributed by atoms with E-state index in [0.717, 1.165) is 5.56 Å². The third-order valence-electron chi connectivity index (χ3n) is 4.96. The average Bonchev–Trinajstić information content (AvgIpc) is 2.88. The summed E-state index contributed by atoms with van der Waals surface area (Å²) in [5.74, 6) is 0.162. The highest BCUT2D eigenvalue weighted by molar-refractivity contribution is 8.00. The van der Waals surface area contributed by atoms with Gasteiger partial charge in [-0.05, 0) is 56.8 Å². The van der Waals surface area contributed by atoms with E-state index < -0.39 is 0 Å². The van der Waals surface area contributed by atoms with Crippen LogP contribution >= 0.6 is 58.2 Å². The van der Waals surface area contributed by atoms with Gasteiger partial charge >= 0.3 is 0 Å². The van der Waals surface area contributed by atoms with Crippen LogP contribution in [0.3, 0.4) is 0 Å². The maximum Gasteiger partial charge on any atom is 0.234 e. The molecule has 0 aromatic heterocycles. The number of nitrogens with zero attached hydrogens (tertiary/aromatic N) is 1. The van der Waals surface area contributed by atoms with Gasteiger partial charge in [-0.25, -0.2) is 0 Å².